The van der Waals surface area contributed by atoms with E-state index in [-0.39, 0.29) is 6.61 Å². The third kappa shape index (κ3) is 1.06. The molecule has 2 fully saturated rings. The van der Waals surface area contributed by atoms with Gasteiger partial charge in [-0.1, -0.05) is 0 Å². The van der Waals surface area contributed by atoms with Crippen LogP contribution in [-0.4, -0.2) is 18.3 Å². The van der Waals surface area contributed by atoms with Crippen LogP contribution in [0.2, 0.25) is 0 Å². The molecule has 0 amide bonds. The molecule has 1 spiro atoms. The van der Waals surface area contributed by atoms with Crippen molar-refractivity contribution in [2.45, 2.75) is 19.3 Å². The molecule has 57 valence electrons. The summed E-state index contributed by atoms with van der Waals surface area (Å²) in [5, 5.41) is 8.36. The van der Waals surface area contributed by atoms with E-state index in [1.165, 1.54) is 25.9 Å². The van der Waals surface area contributed by atoms with Crippen molar-refractivity contribution < 1.29 is 9.84 Å². The Morgan fingerprint density at radius 2 is 2.40 bits per heavy atom. The van der Waals surface area contributed by atoms with Crippen LogP contribution in [0.3, 0.4) is 0 Å². The minimum absolute atomic E-state index is 0.0414. The van der Waals surface area contributed by atoms with Crippen molar-refractivity contribution >= 4 is 0 Å². The lowest BCUT2D eigenvalue weighted by Gasteiger charge is -1.97. The van der Waals surface area contributed by atoms with Crippen molar-refractivity contribution in [1.82, 2.24) is 0 Å². The lowest BCUT2D eigenvalue weighted by Crippen LogP contribution is -1.97. The molecule has 2 aliphatic rings. The van der Waals surface area contributed by atoms with Crippen molar-refractivity contribution in [2.75, 3.05) is 13.2 Å². The quantitative estimate of drug-likeness (QED) is 0.591. The Morgan fingerprint density at radius 1 is 1.60 bits per heavy atom. The van der Waals surface area contributed by atoms with Crippen LogP contribution in [0.25, 0.3) is 0 Å². The average molecular weight is 141 g/mol. The van der Waals surface area contributed by atoms with E-state index in [1.807, 2.05) is 0 Å². The summed E-state index contributed by atoms with van der Waals surface area (Å²) in [5.41, 5.74) is 0.739. The highest BCUT2D eigenvalue weighted by Crippen LogP contribution is 2.70. The second-order valence-electron chi connectivity index (χ2n) is 3.45. The van der Waals surface area contributed by atoms with Gasteiger partial charge in [-0.2, -0.15) is 0 Å². The first kappa shape index (κ1) is 6.62. The fraction of sp³-hybridized carbons (Fsp3) is 0.875. The monoisotopic (exact) mass is 141 g/mol. The summed E-state index contributed by atoms with van der Waals surface area (Å²) in [6.45, 7) is 2.36. The molecule has 1 unspecified atom stereocenters. The van der Waals surface area contributed by atoms with Crippen molar-refractivity contribution in [2.24, 2.45) is 11.3 Å². The van der Waals surface area contributed by atoms with Gasteiger partial charge >= 0.3 is 0 Å². The standard InChI is InChI=1S/C8H13O2/c9-3-4-10-6-7-5-8(7)1-2-8/h4,7,9H,1-3,5-6H2. The van der Waals surface area contributed by atoms with Gasteiger partial charge in [0.1, 0.15) is 6.61 Å². The zero-order valence-electron chi connectivity index (χ0n) is 6.05. The van der Waals surface area contributed by atoms with Gasteiger partial charge in [-0.05, 0) is 30.6 Å². The smallest absolute Gasteiger partial charge is 0.109 e. The summed E-state index contributed by atoms with van der Waals surface area (Å²) in [6, 6.07) is 0. The lowest BCUT2D eigenvalue weighted by molar-refractivity contribution is 0.138. The van der Waals surface area contributed by atoms with E-state index in [4.69, 9.17) is 9.84 Å². The fourth-order valence-electron chi connectivity index (χ4n) is 1.68. The second-order valence-corrected chi connectivity index (χ2v) is 3.45. The molecule has 1 N–H and O–H groups in total. The summed E-state index contributed by atoms with van der Waals surface area (Å²) in [6.07, 6.45) is 4.20. The third-order valence-electron chi connectivity index (χ3n) is 2.74. The van der Waals surface area contributed by atoms with Crippen molar-refractivity contribution in [3.63, 3.8) is 0 Å². The number of rotatable bonds is 4. The van der Waals surface area contributed by atoms with Gasteiger partial charge in [0.25, 0.3) is 0 Å². The van der Waals surface area contributed by atoms with Crippen molar-refractivity contribution in [3.8, 4) is 0 Å². The Morgan fingerprint density at radius 3 is 2.90 bits per heavy atom. The molecule has 2 nitrogen and oxygen atoms in total. The zero-order valence-corrected chi connectivity index (χ0v) is 6.05. The molecule has 0 saturated heterocycles. The van der Waals surface area contributed by atoms with Crippen LogP contribution in [0.5, 0.6) is 0 Å². The Bertz CT molecular complexity index is 129. The summed E-state index contributed by atoms with van der Waals surface area (Å²) in [5.74, 6) is 0.815. The maximum atomic E-state index is 8.36. The van der Waals surface area contributed by atoms with E-state index in [9.17, 15) is 0 Å². The largest absolute Gasteiger partial charge is 0.394 e. The molecule has 1 radical (unpaired) electrons. The van der Waals surface area contributed by atoms with Crippen molar-refractivity contribution in [3.05, 3.63) is 6.61 Å². The number of aliphatic hydroxyl groups is 1. The van der Waals surface area contributed by atoms with Gasteiger partial charge in [0.15, 0.2) is 0 Å². The van der Waals surface area contributed by atoms with Gasteiger partial charge in [-0.15, -0.1) is 0 Å². The maximum Gasteiger partial charge on any atom is 0.109 e. The molecule has 1 atom stereocenters. The van der Waals surface area contributed by atoms with Gasteiger partial charge in [-0.3, -0.25) is 0 Å². The molecule has 2 rings (SSSR count). The normalized spacial score (nSPS) is 32.7. The first-order valence-corrected chi connectivity index (χ1v) is 3.91. The predicted molar refractivity (Wildman–Crippen MR) is 37.1 cm³/mol. The SMILES string of the molecule is OC[CH]OCC1CC12CC2. The maximum absolute atomic E-state index is 8.36. The molecular weight excluding hydrogens is 128 g/mol. The summed E-state index contributed by atoms with van der Waals surface area (Å²) in [7, 11) is 0. The number of aliphatic hydroxyl groups excluding tert-OH is 1. The molecule has 0 aromatic rings. The van der Waals surface area contributed by atoms with Crippen LogP contribution < -0.4 is 0 Å². The predicted octanol–water partition coefficient (Wildman–Crippen LogP) is 0.957. The summed E-state index contributed by atoms with van der Waals surface area (Å²) < 4.78 is 5.11. The van der Waals surface area contributed by atoms with Crippen LogP contribution in [0.1, 0.15) is 19.3 Å². The minimum Gasteiger partial charge on any atom is -0.394 e. The van der Waals surface area contributed by atoms with E-state index in [1.54, 1.807) is 0 Å². The van der Waals surface area contributed by atoms with Crippen LogP contribution in [-0.2, 0) is 4.74 Å². The van der Waals surface area contributed by atoms with E-state index in [0.29, 0.717) is 0 Å². The topological polar surface area (TPSA) is 29.5 Å². The number of ether oxygens (including phenoxy) is 1. The van der Waals surface area contributed by atoms with Gasteiger partial charge in [0, 0.05) is 0 Å². The minimum atomic E-state index is 0.0414. The van der Waals surface area contributed by atoms with Gasteiger partial charge < -0.3 is 9.84 Å². The Kier molecular flexibility index (Phi) is 1.46. The van der Waals surface area contributed by atoms with Crippen molar-refractivity contribution in [1.29, 1.82) is 0 Å². The average Bonchev–Trinajstić information content (AvgIpc) is 2.79. The Hall–Kier alpha value is -0.0800. The summed E-state index contributed by atoms with van der Waals surface area (Å²) in [4.78, 5) is 0. The Labute approximate surface area is 61.2 Å². The van der Waals surface area contributed by atoms with E-state index < -0.39 is 0 Å². The first-order chi connectivity index (χ1) is 4.87. The lowest BCUT2D eigenvalue weighted by atomic mass is 10.3. The molecule has 10 heavy (non-hydrogen) atoms. The Balaban J connectivity index is 1.57. The third-order valence-corrected chi connectivity index (χ3v) is 2.74. The van der Waals surface area contributed by atoms with Gasteiger partial charge in [-0.25, -0.2) is 0 Å². The van der Waals surface area contributed by atoms with Gasteiger partial charge in [0.2, 0.25) is 0 Å². The molecule has 0 heterocycles. The molecule has 0 bridgehead atoms. The van der Waals surface area contributed by atoms with Crippen LogP contribution >= 0.6 is 0 Å². The van der Waals surface area contributed by atoms with Crippen LogP contribution in [0.4, 0.5) is 0 Å². The molecule has 2 saturated carbocycles. The highest BCUT2D eigenvalue weighted by Gasteiger charge is 2.62. The first-order valence-electron chi connectivity index (χ1n) is 3.91. The molecule has 0 aliphatic heterocycles. The zero-order chi connectivity index (χ0) is 7.03. The summed E-state index contributed by atoms with van der Waals surface area (Å²) >= 11 is 0. The molecule has 2 aliphatic carbocycles. The van der Waals surface area contributed by atoms with E-state index >= 15 is 0 Å². The second kappa shape index (κ2) is 2.21. The molecular formula is C8H13O2. The van der Waals surface area contributed by atoms with Crippen LogP contribution in [0.15, 0.2) is 0 Å². The highest BCUT2D eigenvalue weighted by atomic mass is 16.5. The molecule has 0 aromatic carbocycles. The number of hydrogen-bond donors (Lipinski definition) is 1. The van der Waals surface area contributed by atoms with Crippen LogP contribution in [0, 0.1) is 17.9 Å². The fourth-order valence-corrected chi connectivity index (χ4v) is 1.68. The van der Waals surface area contributed by atoms with Gasteiger partial charge in [0.05, 0.1) is 13.2 Å². The van der Waals surface area contributed by atoms with E-state index in [0.717, 1.165) is 17.9 Å². The molecule has 0 aromatic heterocycles. The molecule has 2 heteroatoms. The highest BCUT2D eigenvalue weighted by molar-refractivity contribution is 5.12. The van der Waals surface area contributed by atoms with E-state index in [2.05, 4.69) is 0 Å². The number of hydrogen-bond acceptors (Lipinski definition) is 2.